The number of carbonyl (C=O) groups is 2. The van der Waals surface area contributed by atoms with Crippen LogP contribution in [0.5, 0.6) is 11.5 Å². The van der Waals surface area contributed by atoms with Crippen molar-refractivity contribution >= 4 is 33.3 Å². The van der Waals surface area contributed by atoms with Gasteiger partial charge in [-0.05, 0) is 67.9 Å². The number of hydrogen-bond acceptors (Lipinski definition) is 7. The molecule has 0 bridgehead atoms. The van der Waals surface area contributed by atoms with Gasteiger partial charge in [0.15, 0.2) is 9.84 Å². The number of nitrogens with one attached hydrogen (secondary N) is 2. The lowest BCUT2D eigenvalue weighted by Gasteiger charge is -2.30. The standard InChI is InChI=1S/C19H21ClN2O5S.C2HF3O2/c20-14-2-1-3-16(10-14)27-15-4-6-17(7-5-15)28(25,26)12-13-11-21-9-8-18(13)19(23)22-24;3-2(4,5)1(6)7/h1-7,10,13,18,21,24H,8-9,11-12H2,(H,22,23);(H,6,7)/t13-,18-;/m0./s1. The van der Waals surface area contributed by atoms with Crippen molar-refractivity contribution in [3.63, 3.8) is 0 Å². The number of benzene rings is 2. The first-order valence-corrected chi connectivity index (χ1v) is 12.1. The zero-order chi connectivity index (χ0) is 26.2. The molecule has 0 unspecified atom stereocenters. The van der Waals surface area contributed by atoms with E-state index >= 15 is 0 Å². The van der Waals surface area contributed by atoms with E-state index in [2.05, 4.69) is 5.32 Å². The van der Waals surface area contributed by atoms with Gasteiger partial charge in [0.25, 0.3) is 0 Å². The minimum Gasteiger partial charge on any atom is -0.475 e. The molecule has 1 saturated heterocycles. The van der Waals surface area contributed by atoms with Crippen molar-refractivity contribution < 1.29 is 46.2 Å². The number of piperidine rings is 1. The van der Waals surface area contributed by atoms with Crippen molar-refractivity contribution in [2.24, 2.45) is 11.8 Å². The van der Waals surface area contributed by atoms with Crippen LogP contribution in [0.4, 0.5) is 13.2 Å². The first-order chi connectivity index (χ1) is 16.3. The fraction of sp³-hybridized carbons (Fsp3) is 0.333. The summed E-state index contributed by atoms with van der Waals surface area (Å²) < 4.78 is 63.0. The second-order valence-corrected chi connectivity index (χ2v) is 9.92. The summed E-state index contributed by atoms with van der Waals surface area (Å²) >= 11 is 5.92. The number of halogens is 4. The first kappa shape index (κ1) is 28.4. The number of alkyl halides is 3. The highest BCUT2D eigenvalue weighted by Crippen LogP contribution is 2.28. The smallest absolute Gasteiger partial charge is 0.475 e. The maximum atomic E-state index is 12.8. The van der Waals surface area contributed by atoms with E-state index in [4.69, 9.17) is 31.4 Å². The van der Waals surface area contributed by atoms with Crippen LogP contribution in [0.1, 0.15) is 6.42 Å². The van der Waals surface area contributed by atoms with E-state index in [9.17, 15) is 26.4 Å². The third-order valence-electron chi connectivity index (χ3n) is 4.95. The summed E-state index contributed by atoms with van der Waals surface area (Å²) in [6, 6.07) is 13.0. The van der Waals surface area contributed by atoms with Gasteiger partial charge in [-0.3, -0.25) is 10.0 Å². The molecule has 35 heavy (non-hydrogen) atoms. The molecule has 0 saturated carbocycles. The molecule has 3 rings (SSSR count). The molecule has 1 fully saturated rings. The minimum absolute atomic E-state index is 0.152. The van der Waals surface area contributed by atoms with Crippen LogP contribution in [-0.4, -0.2) is 55.6 Å². The Hall–Kier alpha value is -2.87. The summed E-state index contributed by atoms with van der Waals surface area (Å²) in [5.41, 5.74) is 1.64. The molecule has 9 nitrogen and oxygen atoms in total. The highest BCUT2D eigenvalue weighted by atomic mass is 35.5. The number of rotatable bonds is 6. The Morgan fingerprint density at radius 3 is 2.31 bits per heavy atom. The topological polar surface area (TPSA) is 142 Å². The molecule has 0 aromatic heterocycles. The van der Waals surface area contributed by atoms with E-state index in [1.165, 1.54) is 12.1 Å². The number of hydroxylamine groups is 1. The van der Waals surface area contributed by atoms with Gasteiger partial charge < -0.3 is 15.2 Å². The van der Waals surface area contributed by atoms with E-state index in [1.54, 1.807) is 41.9 Å². The Balaban J connectivity index is 0.000000540. The molecule has 192 valence electrons. The summed E-state index contributed by atoms with van der Waals surface area (Å²) in [5, 5.41) is 19.7. The molecule has 0 spiro atoms. The second-order valence-electron chi connectivity index (χ2n) is 7.45. The monoisotopic (exact) mass is 538 g/mol. The molecule has 1 heterocycles. The van der Waals surface area contributed by atoms with Crippen LogP contribution in [-0.2, 0) is 19.4 Å². The number of ether oxygens (including phenoxy) is 1. The number of carboxylic acids is 1. The summed E-state index contributed by atoms with van der Waals surface area (Å²) in [4.78, 5) is 20.9. The molecular weight excluding hydrogens is 517 g/mol. The first-order valence-electron chi connectivity index (χ1n) is 10.0. The molecule has 2 aromatic carbocycles. The Labute approximate surface area is 203 Å². The molecular formula is C21H22ClF3N2O7S. The van der Waals surface area contributed by atoms with Crippen LogP contribution in [0, 0.1) is 11.8 Å². The number of hydrogen-bond donors (Lipinski definition) is 4. The molecule has 2 aromatic rings. The van der Waals surface area contributed by atoms with Crippen molar-refractivity contribution in [3.05, 3.63) is 53.6 Å². The van der Waals surface area contributed by atoms with Gasteiger partial charge in [0, 0.05) is 10.9 Å². The average Bonchev–Trinajstić information content (AvgIpc) is 2.79. The fourth-order valence-electron chi connectivity index (χ4n) is 3.29. The Kier molecular flexibility index (Phi) is 9.89. The Bertz CT molecular complexity index is 1130. The average molecular weight is 539 g/mol. The van der Waals surface area contributed by atoms with Gasteiger partial charge in [-0.2, -0.15) is 13.2 Å². The summed E-state index contributed by atoms with van der Waals surface area (Å²) in [5.74, 6) is -3.43. The summed E-state index contributed by atoms with van der Waals surface area (Å²) in [6.07, 6.45) is -4.61. The van der Waals surface area contributed by atoms with Crippen LogP contribution in [0.15, 0.2) is 53.4 Å². The molecule has 0 radical (unpaired) electrons. The number of carboxylic acid groups (broad SMARTS) is 1. The number of sulfone groups is 1. The molecule has 1 aliphatic heterocycles. The zero-order valence-corrected chi connectivity index (χ0v) is 19.5. The Morgan fingerprint density at radius 2 is 1.77 bits per heavy atom. The summed E-state index contributed by atoms with van der Waals surface area (Å²) in [7, 11) is -3.61. The summed E-state index contributed by atoms with van der Waals surface area (Å²) in [6.45, 7) is 0.997. The van der Waals surface area contributed by atoms with E-state index in [0.29, 0.717) is 36.0 Å². The SMILES string of the molecule is O=C(NO)[C@H]1CCNC[C@H]1CS(=O)(=O)c1ccc(Oc2cccc(Cl)c2)cc1.O=C(O)C(F)(F)F. The normalized spacial score (nSPS) is 18.1. The van der Waals surface area contributed by atoms with Crippen LogP contribution in [0.3, 0.4) is 0 Å². The third kappa shape index (κ3) is 8.69. The van der Waals surface area contributed by atoms with Gasteiger partial charge in [0.1, 0.15) is 11.5 Å². The largest absolute Gasteiger partial charge is 0.490 e. The van der Waals surface area contributed by atoms with Gasteiger partial charge in [-0.1, -0.05) is 17.7 Å². The lowest BCUT2D eigenvalue weighted by atomic mass is 9.87. The van der Waals surface area contributed by atoms with Crippen molar-refractivity contribution in [1.29, 1.82) is 0 Å². The maximum absolute atomic E-state index is 12.8. The number of amides is 1. The minimum atomic E-state index is -5.08. The van der Waals surface area contributed by atoms with Crippen molar-refractivity contribution in [1.82, 2.24) is 10.8 Å². The lowest BCUT2D eigenvalue weighted by molar-refractivity contribution is -0.192. The number of carbonyl (C=O) groups excluding carboxylic acids is 1. The molecule has 0 aliphatic carbocycles. The predicted octanol–water partition coefficient (Wildman–Crippen LogP) is 3.27. The van der Waals surface area contributed by atoms with Gasteiger partial charge in [0.05, 0.1) is 10.6 Å². The van der Waals surface area contributed by atoms with E-state index in [-0.39, 0.29) is 10.6 Å². The van der Waals surface area contributed by atoms with Crippen molar-refractivity contribution in [2.45, 2.75) is 17.5 Å². The molecule has 14 heteroatoms. The molecule has 4 N–H and O–H groups in total. The van der Waals surface area contributed by atoms with Gasteiger partial charge >= 0.3 is 12.1 Å². The van der Waals surface area contributed by atoms with Crippen molar-refractivity contribution in [3.8, 4) is 11.5 Å². The molecule has 1 aliphatic rings. The third-order valence-corrected chi connectivity index (χ3v) is 7.04. The van der Waals surface area contributed by atoms with Crippen LogP contribution in [0.25, 0.3) is 0 Å². The molecule has 1 amide bonds. The van der Waals surface area contributed by atoms with Gasteiger partial charge in [-0.25, -0.2) is 18.7 Å². The van der Waals surface area contributed by atoms with Crippen LogP contribution >= 0.6 is 11.6 Å². The lowest BCUT2D eigenvalue weighted by Crippen LogP contribution is -2.46. The van der Waals surface area contributed by atoms with E-state index < -0.39 is 39.7 Å². The molecule has 2 atom stereocenters. The predicted molar refractivity (Wildman–Crippen MR) is 118 cm³/mol. The second kappa shape index (κ2) is 12.2. The zero-order valence-electron chi connectivity index (χ0n) is 18.0. The number of aliphatic carboxylic acids is 1. The maximum Gasteiger partial charge on any atom is 0.490 e. The van der Waals surface area contributed by atoms with Crippen LogP contribution in [0.2, 0.25) is 5.02 Å². The van der Waals surface area contributed by atoms with E-state index in [0.717, 1.165) is 0 Å². The van der Waals surface area contributed by atoms with E-state index in [1.807, 2.05) is 0 Å². The fourth-order valence-corrected chi connectivity index (χ4v) is 5.12. The quantitative estimate of drug-likeness (QED) is 0.324. The Morgan fingerprint density at radius 1 is 1.14 bits per heavy atom. The van der Waals surface area contributed by atoms with Crippen molar-refractivity contribution in [2.75, 3.05) is 18.8 Å². The van der Waals surface area contributed by atoms with Crippen LogP contribution < -0.4 is 15.5 Å². The highest BCUT2D eigenvalue weighted by molar-refractivity contribution is 7.91. The highest BCUT2D eigenvalue weighted by Gasteiger charge is 2.38. The van der Waals surface area contributed by atoms with Gasteiger partial charge in [-0.15, -0.1) is 0 Å². The van der Waals surface area contributed by atoms with Gasteiger partial charge in [0.2, 0.25) is 5.91 Å².